The Morgan fingerprint density at radius 1 is 1.26 bits per heavy atom. The van der Waals surface area contributed by atoms with Crippen molar-refractivity contribution in [2.45, 2.75) is 11.8 Å². The first-order valence-corrected chi connectivity index (χ1v) is 8.96. The maximum Gasteiger partial charge on any atom is 0.276 e. The van der Waals surface area contributed by atoms with Crippen molar-refractivity contribution in [2.75, 3.05) is 6.61 Å². The highest BCUT2D eigenvalue weighted by Gasteiger charge is 2.12. The van der Waals surface area contributed by atoms with E-state index in [0.29, 0.717) is 17.9 Å². The van der Waals surface area contributed by atoms with E-state index in [0.717, 1.165) is 4.47 Å². The second-order valence-electron chi connectivity index (χ2n) is 4.46. The lowest BCUT2D eigenvalue weighted by atomic mass is 10.2. The third-order valence-electron chi connectivity index (χ3n) is 2.81. The first-order chi connectivity index (χ1) is 10.9. The third kappa shape index (κ3) is 4.70. The monoisotopic (exact) mass is 398 g/mol. The van der Waals surface area contributed by atoms with Gasteiger partial charge in [0.15, 0.2) is 0 Å². The highest BCUT2D eigenvalue weighted by molar-refractivity contribution is 9.10. The van der Waals surface area contributed by atoms with E-state index >= 15 is 0 Å². The van der Waals surface area contributed by atoms with Gasteiger partial charge in [-0.15, -0.1) is 0 Å². The normalized spacial score (nSPS) is 11.6. The van der Waals surface area contributed by atoms with E-state index in [4.69, 9.17) is 4.74 Å². The zero-order valence-electron chi connectivity index (χ0n) is 12.2. The quantitative estimate of drug-likeness (QED) is 0.578. The summed E-state index contributed by atoms with van der Waals surface area (Å²) in [6.45, 7) is 2.35. The molecule has 0 unspecified atom stereocenters. The molecule has 0 spiro atoms. The topological polar surface area (TPSA) is 88.0 Å². The lowest BCUT2D eigenvalue weighted by molar-refractivity contribution is 0.340. The lowest BCUT2D eigenvalue weighted by Gasteiger charge is -2.06. The number of ether oxygens (including phenoxy) is 1. The molecule has 0 aliphatic carbocycles. The third-order valence-corrected chi connectivity index (χ3v) is 4.54. The van der Waals surface area contributed by atoms with Crippen LogP contribution < -0.4 is 9.57 Å². The summed E-state index contributed by atoms with van der Waals surface area (Å²) in [7, 11) is -3.78. The Balaban J connectivity index is 2.11. The average molecular weight is 399 g/mol. The minimum Gasteiger partial charge on any atom is -0.507 e. The number of aromatic hydroxyl groups is 1. The molecule has 2 aromatic carbocycles. The second-order valence-corrected chi connectivity index (χ2v) is 7.04. The predicted octanol–water partition coefficient (Wildman–Crippen LogP) is 2.87. The van der Waals surface area contributed by atoms with Crippen molar-refractivity contribution in [3.05, 3.63) is 52.5 Å². The minimum atomic E-state index is -3.78. The number of phenolic OH excluding ortho intramolecular Hbond substituents is 1. The predicted molar refractivity (Wildman–Crippen MR) is 91.3 cm³/mol. The van der Waals surface area contributed by atoms with Gasteiger partial charge in [0.2, 0.25) is 0 Å². The Kier molecular flexibility index (Phi) is 5.62. The SMILES string of the molecule is CCOc1ccc(S(=O)(=O)N/N=C/c2cc(Br)ccc2O)cc1. The summed E-state index contributed by atoms with van der Waals surface area (Å²) in [5.74, 6) is 0.589. The van der Waals surface area contributed by atoms with Crippen molar-refractivity contribution in [3.8, 4) is 11.5 Å². The molecule has 122 valence electrons. The van der Waals surface area contributed by atoms with Gasteiger partial charge in [-0.25, -0.2) is 4.83 Å². The molecule has 2 aromatic rings. The van der Waals surface area contributed by atoms with Gasteiger partial charge in [-0.2, -0.15) is 13.5 Å². The first-order valence-electron chi connectivity index (χ1n) is 6.68. The van der Waals surface area contributed by atoms with Crippen molar-refractivity contribution in [1.82, 2.24) is 4.83 Å². The van der Waals surface area contributed by atoms with Gasteiger partial charge in [0.25, 0.3) is 10.0 Å². The minimum absolute atomic E-state index is 0.00258. The first kappa shape index (κ1) is 17.3. The van der Waals surface area contributed by atoms with Crippen molar-refractivity contribution in [2.24, 2.45) is 5.10 Å². The maximum atomic E-state index is 12.1. The number of halogens is 1. The molecular weight excluding hydrogens is 384 g/mol. The van der Waals surface area contributed by atoms with Crippen LogP contribution in [0.1, 0.15) is 12.5 Å². The summed E-state index contributed by atoms with van der Waals surface area (Å²) in [4.78, 5) is 2.16. The van der Waals surface area contributed by atoms with E-state index in [1.165, 1.54) is 24.4 Å². The molecule has 0 saturated heterocycles. The zero-order valence-corrected chi connectivity index (χ0v) is 14.6. The molecule has 0 heterocycles. The molecule has 0 aliphatic heterocycles. The van der Waals surface area contributed by atoms with Gasteiger partial charge in [-0.1, -0.05) is 15.9 Å². The Morgan fingerprint density at radius 2 is 1.96 bits per heavy atom. The average Bonchev–Trinajstić information content (AvgIpc) is 2.51. The van der Waals surface area contributed by atoms with Crippen LogP contribution in [-0.4, -0.2) is 26.3 Å². The Labute approximate surface area is 143 Å². The lowest BCUT2D eigenvalue weighted by Crippen LogP contribution is -2.18. The second kappa shape index (κ2) is 7.47. The Bertz CT molecular complexity index is 805. The molecule has 2 N–H and O–H groups in total. The van der Waals surface area contributed by atoms with E-state index in [-0.39, 0.29) is 10.6 Å². The van der Waals surface area contributed by atoms with Crippen LogP contribution in [0.2, 0.25) is 0 Å². The van der Waals surface area contributed by atoms with E-state index in [1.54, 1.807) is 24.3 Å². The smallest absolute Gasteiger partial charge is 0.276 e. The summed E-state index contributed by atoms with van der Waals surface area (Å²) >= 11 is 3.26. The molecule has 0 aliphatic rings. The molecule has 8 heteroatoms. The van der Waals surface area contributed by atoms with Gasteiger partial charge in [-0.05, 0) is 49.4 Å². The molecule has 2 rings (SSSR count). The summed E-state index contributed by atoms with van der Waals surface area (Å²) in [6.07, 6.45) is 1.23. The van der Waals surface area contributed by atoms with Crippen LogP contribution in [0.25, 0.3) is 0 Å². The molecule has 0 aromatic heterocycles. The molecule has 6 nitrogen and oxygen atoms in total. The van der Waals surface area contributed by atoms with Gasteiger partial charge in [0.1, 0.15) is 11.5 Å². The zero-order chi connectivity index (χ0) is 16.9. The number of phenols is 1. The van der Waals surface area contributed by atoms with Gasteiger partial charge in [0, 0.05) is 10.0 Å². The fourth-order valence-electron chi connectivity index (χ4n) is 1.73. The molecule has 0 radical (unpaired) electrons. The van der Waals surface area contributed by atoms with Crippen molar-refractivity contribution in [3.63, 3.8) is 0 Å². The van der Waals surface area contributed by atoms with Crippen LogP contribution in [0.4, 0.5) is 0 Å². The van der Waals surface area contributed by atoms with Crippen molar-refractivity contribution >= 4 is 32.2 Å². The number of benzene rings is 2. The van der Waals surface area contributed by atoms with Crippen LogP contribution in [-0.2, 0) is 10.0 Å². The van der Waals surface area contributed by atoms with E-state index in [1.807, 2.05) is 6.92 Å². The highest BCUT2D eigenvalue weighted by atomic mass is 79.9. The molecular formula is C15H15BrN2O4S. The van der Waals surface area contributed by atoms with Crippen LogP contribution in [0.3, 0.4) is 0 Å². The fourth-order valence-corrected chi connectivity index (χ4v) is 2.90. The van der Waals surface area contributed by atoms with Crippen LogP contribution in [0.15, 0.2) is 56.9 Å². The number of hydrazone groups is 1. The van der Waals surface area contributed by atoms with Crippen molar-refractivity contribution in [1.29, 1.82) is 0 Å². The number of hydrogen-bond acceptors (Lipinski definition) is 5. The summed E-state index contributed by atoms with van der Waals surface area (Å²) in [5, 5.41) is 13.3. The number of nitrogens with zero attached hydrogens (tertiary/aromatic N) is 1. The van der Waals surface area contributed by atoms with E-state index in [2.05, 4.69) is 25.9 Å². The number of rotatable bonds is 6. The van der Waals surface area contributed by atoms with Gasteiger partial charge in [-0.3, -0.25) is 0 Å². The Hall–Kier alpha value is -2.06. The Morgan fingerprint density at radius 3 is 2.61 bits per heavy atom. The fraction of sp³-hybridized carbons (Fsp3) is 0.133. The summed E-state index contributed by atoms with van der Waals surface area (Å²) in [6, 6.07) is 10.8. The van der Waals surface area contributed by atoms with Gasteiger partial charge in [0.05, 0.1) is 17.7 Å². The van der Waals surface area contributed by atoms with E-state index in [9.17, 15) is 13.5 Å². The number of sulfonamides is 1. The van der Waals surface area contributed by atoms with Gasteiger partial charge >= 0.3 is 0 Å². The van der Waals surface area contributed by atoms with Crippen LogP contribution in [0, 0.1) is 0 Å². The van der Waals surface area contributed by atoms with Crippen molar-refractivity contribution < 1.29 is 18.3 Å². The highest BCUT2D eigenvalue weighted by Crippen LogP contribution is 2.20. The molecule has 0 bridgehead atoms. The maximum absolute atomic E-state index is 12.1. The standard InChI is InChI=1S/C15H15BrN2O4S/c1-2-22-13-4-6-14(7-5-13)23(20,21)18-17-10-11-9-12(16)3-8-15(11)19/h3-10,18-19H,2H2,1H3/b17-10+. The molecule has 0 saturated carbocycles. The summed E-state index contributed by atoms with van der Waals surface area (Å²) < 4.78 is 30.2. The largest absolute Gasteiger partial charge is 0.507 e. The van der Waals surface area contributed by atoms with Gasteiger partial charge < -0.3 is 9.84 Å². The van der Waals surface area contributed by atoms with Crippen LogP contribution in [0.5, 0.6) is 11.5 Å². The molecule has 0 fully saturated rings. The summed E-state index contributed by atoms with van der Waals surface area (Å²) in [5.41, 5.74) is 0.383. The van der Waals surface area contributed by atoms with E-state index < -0.39 is 10.0 Å². The molecule has 23 heavy (non-hydrogen) atoms. The number of nitrogens with one attached hydrogen (secondary N) is 1. The molecule has 0 amide bonds. The molecule has 0 atom stereocenters. The van der Waals surface area contributed by atoms with Crippen LogP contribution >= 0.6 is 15.9 Å². The number of hydrogen-bond donors (Lipinski definition) is 2.